The van der Waals surface area contributed by atoms with E-state index >= 15 is 0 Å². The lowest BCUT2D eigenvalue weighted by molar-refractivity contribution is -0.121. The average molecular weight is 405 g/mol. The monoisotopic (exact) mass is 405 g/mol. The number of hydrogen-bond acceptors (Lipinski definition) is 3. The van der Waals surface area contributed by atoms with Gasteiger partial charge in [-0.2, -0.15) is 0 Å². The van der Waals surface area contributed by atoms with Gasteiger partial charge in [-0.15, -0.1) is 0 Å². The van der Waals surface area contributed by atoms with Gasteiger partial charge in [0.05, 0.1) is 18.2 Å². The first-order valence-corrected chi connectivity index (χ1v) is 10.3. The molecule has 0 saturated heterocycles. The van der Waals surface area contributed by atoms with Crippen molar-refractivity contribution < 1.29 is 9.18 Å². The highest BCUT2D eigenvalue weighted by Gasteiger charge is 2.23. The number of carbonyl (C=O) groups excluding carboxylic acids is 1. The molecule has 0 bridgehead atoms. The van der Waals surface area contributed by atoms with Gasteiger partial charge >= 0.3 is 0 Å². The smallest absolute Gasteiger partial charge is 0.251 e. The van der Waals surface area contributed by atoms with E-state index in [-0.39, 0.29) is 23.9 Å². The van der Waals surface area contributed by atoms with Gasteiger partial charge in [0.15, 0.2) is 0 Å². The van der Waals surface area contributed by atoms with Gasteiger partial charge in [-0.3, -0.25) is 9.59 Å². The lowest BCUT2D eigenvalue weighted by Crippen LogP contribution is -2.32. The van der Waals surface area contributed by atoms with Crippen LogP contribution < -0.4 is 10.9 Å². The van der Waals surface area contributed by atoms with Gasteiger partial charge < -0.3 is 10.3 Å². The fourth-order valence-corrected chi connectivity index (χ4v) is 3.71. The van der Waals surface area contributed by atoms with Crippen LogP contribution >= 0.6 is 0 Å². The third kappa shape index (κ3) is 4.82. The van der Waals surface area contributed by atoms with Gasteiger partial charge in [0, 0.05) is 18.4 Å². The number of nitrogens with zero attached hydrogens (tertiary/aromatic N) is 1. The van der Waals surface area contributed by atoms with Crippen molar-refractivity contribution in [1.29, 1.82) is 0 Å². The van der Waals surface area contributed by atoms with Crippen LogP contribution in [0.15, 0.2) is 65.5 Å². The largest absolute Gasteiger partial charge is 0.349 e. The number of halogens is 1. The normalized spacial score (nSPS) is 14.7. The Hall–Kier alpha value is -3.28. The minimum absolute atomic E-state index is 0.0495. The molecule has 1 aliphatic carbocycles. The summed E-state index contributed by atoms with van der Waals surface area (Å²) in [7, 11) is 0. The molecule has 5 nitrogen and oxygen atoms in total. The van der Waals surface area contributed by atoms with Crippen molar-refractivity contribution >= 4 is 5.91 Å². The summed E-state index contributed by atoms with van der Waals surface area (Å²) in [6.07, 6.45) is 3.56. The summed E-state index contributed by atoms with van der Waals surface area (Å²) in [5, 5.41) is 3.00. The molecule has 1 aromatic heterocycles. The number of H-pyrrole nitrogens is 1. The van der Waals surface area contributed by atoms with E-state index < -0.39 is 5.82 Å². The molecule has 0 aliphatic heterocycles. The van der Waals surface area contributed by atoms with Crippen molar-refractivity contribution in [2.24, 2.45) is 0 Å². The molecule has 1 amide bonds. The highest BCUT2D eigenvalue weighted by molar-refractivity contribution is 5.79. The van der Waals surface area contributed by atoms with Gasteiger partial charge in [0.2, 0.25) is 5.91 Å². The maximum atomic E-state index is 13.9. The highest BCUT2D eigenvalue weighted by Crippen LogP contribution is 2.34. The Morgan fingerprint density at radius 1 is 1.13 bits per heavy atom. The highest BCUT2D eigenvalue weighted by atomic mass is 19.1. The minimum Gasteiger partial charge on any atom is -0.349 e. The molecule has 2 aromatic carbocycles. The lowest BCUT2D eigenvalue weighted by atomic mass is 9.85. The fraction of sp³-hybridized carbons (Fsp3) is 0.292. The third-order valence-corrected chi connectivity index (χ3v) is 5.56. The van der Waals surface area contributed by atoms with Crippen LogP contribution in [0, 0.1) is 5.82 Å². The SMILES string of the molecule is O=C(Cc1ccccc1F)NC(Cc1cc(=O)[nH]c(C2CCC2)n1)c1ccccc1. The van der Waals surface area contributed by atoms with Gasteiger partial charge in [0.1, 0.15) is 11.6 Å². The number of aromatic amines is 1. The summed E-state index contributed by atoms with van der Waals surface area (Å²) in [6, 6.07) is 16.9. The summed E-state index contributed by atoms with van der Waals surface area (Å²) in [5.74, 6) is 0.361. The molecule has 4 rings (SSSR count). The second-order valence-electron chi connectivity index (χ2n) is 7.75. The molecule has 1 unspecified atom stereocenters. The first-order chi connectivity index (χ1) is 14.6. The second-order valence-corrected chi connectivity index (χ2v) is 7.75. The Labute approximate surface area is 174 Å². The van der Waals surface area contributed by atoms with E-state index in [1.807, 2.05) is 30.3 Å². The molecular formula is C24H24FN3O2. The summed E-state index contributed by atoms with van der Waals surface area (Å²) in [4.78, 5) is 32.3. The molecule has 3 aromatic rings. The van der Waals surface area contributed by atoms with E-state index in [1.54, 1.807) is 18.2 Å². The van der Waals surface area contributed by atoms with Crippen LogP contribution in [-0.4, -0.2) is 15.9 Å². The zero-order valence-electron chi connectivity index (χ0n) is 16.6. The molecule has 1 atom stereocenters. The van der Waals surface area contributed by atoms with Gasteiger partial charge in [0.25, 0.3) is 5.56 Å². The van der Waals surface area contributed by atoms with Crippen molar-refractivity contribution in [2.75, 3.05) is 0 Å². The van der Waals surface area contributed by atoms with Crippen LogP contribution in [0.3, 0.4) is 0 Å². The lowest BCUT2D eigenvalue weighted by Gasteiger charge is -2.25. The van der Waals surface area contributed by atoms with E-state index in [2.05, 4.69) is 15.3 Å². The maximum Gasteiger partial charge on any atom is 0.251 e. The molecule has 2 N–H and O–H groups in total. The Morgan fingerprint density at radius 2 is 1.87 bits per heavy atom. The molecule has 30 heavy (non-hydrogen) atoms. The Bertz CT molecular complexity index is 1080. The molecule has 154 valence electrons. The molecule has 6 heteroatoms. The quantitative estimate of drug-likeness (QED) is 0.628. The first-order valence-electron chi connectivity index (χ1n) is 10.3. The van der Waals surface area contributed by atoms with E-state index in [9.17, 15) is 14.0 Å². The zero-order valence-corrected chi connectivity index (χ0v) is 16.6. The van der Waals surface area contributed by atoms with E-state index in [0.29, 0.717) is 23.6 Å². The van der Waals surface area contributed by atoms with Crippen LogP contribution in [0.2, 0.25) is 0 Å². The van der Waals surface area contributed by atoms with Crippen LogP contribution in [0.5, 0.6) is 0 Å². The minimum atomic E-state index is -0.398. The molecule has 1 aliphatic rings. The summed E-state index contributed by atoms with van der Waals surface area (Å²) >= 11 is 0. The number of aromatic nitrogens is 2. The van der Waals surface area contributed by atoms with Crippen LogP contribution in [-0.2, 0) is 17.6 Å². The standard InChI is InChI=1S/C24H24FN3O2/c25-20-12-5-4-9-18(20)13-22(29)27-21(16-7-2-1-3-8-16)14-19-15-23(30)28-24(26-19)17-10-6-11-17/h1-5,7-9,12,15,17,21H,6,10-11,13-14H2,(H,27,29)(H,26,28,30). The number of hydrogen-bond donors (Lipinski definition) is 2. The predicted molar refractivity (Wildman–Crippen MR) is 113 cm³/mol. The number of amides is 1. The molecular weight excluding hydrogens is 381 g/mol. The number of nitrogens with one attached hydrogen (secondary N) is 2. The summed E-state index contributed by atoms with van der Waals surface area (Å²) in [6.45, 7) is 0. The van der Waals surface area contributed by atoms with Crippen molar-refractivity contribution in [3.05, 3.63) is 99.5 Å². The van der Waals surface area contributed by atoms with Crippen molar-refractivity contribution in [1.82, 2.24) is 15.3 Å². The number of carbonyl (C=O) groups is 1. The average Bonchev–Trinajstić information content (AvgIpc) is 2.68. The van der Waals surface area contributed by atoms with Gasteiger partial charge in [-0.05, 0) is 30.0 Å². The maximum absolute atomic E-state index is 13.9. The number of benzene rings is 2. The number of rotatable bonds is 7. The zero-order chi connectivity index (χ0) is 20.9. The third-order valence-electron chi connectivity index (χ3n) is 5.56. The fourth-order valence-electron chi connectivity index (χ4n) is 3.71. The van der Waals surface area contributed by atoms with Crippen LogP contribution in [0.4, 0.5) is 4.39 Å². The van der Waals surface area contributed by atoms with Crippen LogP contribution in [0.25, 0.3) is 0 Å². The Balaban J connectivity index is 1.55. The second kappa shape index (κ2) is 9.03. The molecule has 1 saturated carbocycles. The molecule has 1 fully saturated rings. The van der Waals surface area contributed by atoms with Crippen molar-refractivity contribution in [3.63, 3.8) is 0 Å². The van der Waals surface area contributed by atoms with E-state index in [1.165, 1.54) is 12.1 Å². The Morgan fingerprint density at radius 3 is 2.57 bits per heavy atom. The summed E-state index contributed by atoms with van der Waals surface area (Å²) in [5.41, 5.74) is 1.72. The molecule has 1 heterocycles. The van der Waals surface area contributed by atoms with Crippen LogP contribution in [0.1, 0.15) is 53.9 Å². The first kappa shape index (κ1) is 20.0. The molecule has 0 spiro atoms. The van der Waals surface area contributed by atoms with E-state index in [4.69, 9.17) is 0 Å². The van der Waals surface area contributed by atoms with Crippen molar-refractivity contribution in [2.45, 2.75) is 44.1 Å². The topological polar surface area (TPSA) is 74.8 Å². The Kier molecular flexibility index (Phi) is 6.02. The molecule has 0 radical (unpaired) electrons. The van der Waals surface area contributed by atoms with E-state index in [0.717, 1.165) is 30.7 Å². The van der Waals surface area contributed by atoms with Crippen molar-refractivity contribution in [3.8, 4) is 0 Å². The van der Waals surface area contributed by atoms with Gasteiger partial charge in [-0.1, -0.05) is 55.0 Å². The predicted octanol–water partition coefficient (Wildman–Crippen LogP) is 3.82. The van der Waals surface area contributed by atoms with Gasteiger partial charge in [-0.25, -0.2) is 9.37 Å². The summed E-state index contributed by atoms with van der Waals surface area (Å²) < 4.78 is 13.9.